The van der Waals surface area contributed by atoms with E-state index >= 15 is 4.79 Å². The smallest absolute Gasteiger partial charge is 0.282 e. The molecule has 57 heavy (non-hydrogen) atoms. The predicted octanol–water partition coefficient (Wildman–Crippen LogP) is 10.2. The van der Waals surface area contributed by atoms with Crippen molar-refractivity contribution in [3.05, 3.63) is 225 Å². The summed E-state index contributed by atoms with van der Waals surface area (Å²) in [4.78, 5) is 15.2. The van der Waals surface area contributed by atoms with E-state index in [1.165, 1.54) is 39.2 Å². The summed E-state index contributed by atoms with van der Waals surface area (Å²) in [6.45, 7) is 11.1. The predicted molar refractivity (Wildman–Crippen MR) is 228 cm³/mol. The van der Waals surface area contributed by atoms with Gasteiger partial charge in [-0.1, -0.05) is 146 Å². The first-order chi connectivity index (χ1) is 27.7. The molecular weight excluding hydrogens is 697 g/mol. The molecule has 0 saturated heterocycles. The van der Waals surface area contributed by atoms with Crippen molar-refractivity contribution in [1.29, 1.82) is 0 Å². The Hall–Kier alpha value is -6.59. The van der Waals surface area contributed by atoms with Gasteiger partial charge in [0.15, 0.2) is 6.21 Å². The van der Waals surface area contributed by atoms with E-state index in [-0.39, 0.29) is 17.1 Å². The molecule has 2 atom stereocenters. The third-order valence-electron chi connectivity index (χ3n) is 12.7. The number of hydrogen-bond acceptors (Lipinski definition) is 1. The van der Waals surface area contributed by atoms with E-state index in [9.17, 15) is 0 Å². The highest BCUT2D eigenvalue weighted by molar-refractivity contribution is 6.48. The normalized spacial score (nSPS) is 19.8. The van der Waals surface area contributed by atoms with Crippen LogP contribution >= 0.6 is 0 Å². The molecule has 11 rings (SSSR count). The Labute approximate surface area is 333 Å². The van der Waals surface area contributed by atoms with Gasteiger partial charge in [0, 0.05) is 41.3 Å². The second-order valence-electron chi connectivity index (χ2n) is 16.9. The maximum atomic E-state index is 15.2. The Morgan fingerprint density at radius 2 is 1.32 bits per heavy atom. The summed E-state index contributed by atoms with van der Waals surface area (Å²) < 4.78 is 9.87. The molecule has 1 spiro atoms. The Bertz CT molecular complexity index is 2900. The van der Waals surface area contributed by atoms with Crippen molar-refractivity contribution in [3.63, 3.8) is 0 Å². The monoisotopic (exact) mass is 740 g/mol. The highest BCUT2D eigenvalue weighted by Crippen LogP contribution is 2.56. The van der Waals surface area contributed by atoms with Crippen LogP contribution in [-0.4, -0.2) is 36.0 Å². The molecule has 6 aromatic rings. The number of Topliss-reactive ketones (excluding diaryl/α,β-unsaturated/α-hetero) is 1. The van der Waals surface area contributed by atoms with Gasteiger partial charge in [0.25, 0.3) is 11.5 Å². The van der Waals surface area contributed by atoms with Gasteiger partial charge in [-0.05, 0) is 70.8 Å². The average molecular weight is 741 g/mol. The Balaban J connectivity index is 1.28. The van der Waals surface area contributed by atoms with Gasteiger partial charge >= 0.3 is 5.91 Å². The molecule has 276 valence electrons. The fraction of sp³-hybridized carbons (Fsp3) is 0.173. The SMILES string of the molecule is CCc1ccc(C(=O)C2=[N+]3C(=C(c4ccc(C(C)(C)C)cc4)c4ccc5n4C34n3c(ccc3C5c3ccc(C)cc3)C(c3ccccc3)=C3C=CC=[N+]34)C=C2)cc1. The van der Waals surface area contributed by atoms with Crippen molar-refractivity contribution in [1.82, 2.24) is 9.13 Å². The summed E-state index contributed by atoms with van der Waals surface area (Å²) >= 11 is 0. The van der Waals surface area contributed by atoms with Crippen LogP contribution in [0, 0.1) is 6.92 Å². The van der Waals surface area contributed by atoms with Crippen LogP contribution in [0.5, 0.6) is 0 Å². The van der Waals surface area contributed by atoms with Gasteiger partial charge < -0.3 is 0 Å². The van der Waals surface area contributed by atoms with Crippen molar-refractivity contribution in [3.8, 4) is 0 Å². The van der Waals surface area contributed by atoms with Gasteiger partial charge in [0.2, 0.25) is 11.4 Å². The summed E-state index contributed by atoms with van der Waals surface area (Å²) in [5.74, 6) is -1.08. The van der Waals surface area contributed by atoms with Gasteiger partial charge in [-0.15, -0.1) is 0 Å². The molecule has 5 heteroatoms. The van der Waals surface area contributed by atoms with Crippen LogP contribution in [0.4, 0.5) is 0 Å². The minimum absolute atomic E-state index is 0.000297. The highest BCUT2D eigenvalue weighted by atomic mass is 16.1. The van der Waals surface area contributed by atoms with Crippen molar-refractivity contribution < 1.29 is 13.9 Å². The molecule has 5 aliphatic heterocycles. The van der Waals surface area contributed by atoms with Gasteiger partial charge in [-0.2, -0.15) is 0 Å². The lowest BCUT2D eigenvalue weighted by molar-refractivity contribution is -0.832. The summed E-state index contributed by atoms with van der Waals surface area (Å²) in [7, 11) is 0. The lowest BCUT2D eigenvalue weighted by Crippen LogP contribution is -2.65. The number of nitrogens with zero attached hydrogens (tertiary/aromatic N) is 4. The summed E-state index contributed by atoms with van der Waals surface area (Å²) in [5.41, 5.74) is 17.6. The minimum atomic E-state index is -1.03. The topological polar surface area (TPSA) is 32.9 Å². The number of hydrogen-bond donors (Lipinski definition) is 0. The third kappa shape index (κ3) is 4.54. The molecule has 0 aliphatic carbocycles. The number of aromatic nitrogens is 2. The zero-order valence-corrected chi connectivity index (χ0v) is 33.0. The molecule has 0 amide bonds. The van der Waals surface area contributed by atoms with E-state index in [1.807, 2.05) is 12.1 Å². The summed E-state index contributed by atoms with van der Waals surface area (Å²) in [6, 6.07) is 46.3. The van der Waals surface area contributed by atoms with Crippen LogP contribution < -0.4 is 0 Å². The first-order valence-corrected chi connectivity index (χ1v) is 20.2. The number of fused-ring (bicyclic) bond motifs is 2. The first kappa shape index (κ1) is 33.7. The van der Waals surface area contributed by atoms with Crippen LogP contribution in [0.25, 0.3) is 11.1 Å². The van der Waals surface area contributed by atoms with E-state index in [2.05, 4.69) is 199 Å². The molecule has 0 bridgehead atoms. The number of ketones is 1. The highest BCUT2D eigenvalue weighted by Gasteiger charge is 2.72. The fourth-order valence-electron chi connectivity index (χ4n) is 9.90. The maximum Gasteiger partial charge on any atom is 0.553 e. The molecule has 0 radical (unpaired) electrons. The zero-order valence-electron chi connectivity index (χ0n) is 33.0. The fourth-order valence-corrected chi connectivity index (χ4v) is 9.90. The number of aryl methyl sites for hydroxylation is 2. The largest absolute Gasteiger partial charge is 0.553 e. The zero-order chi connectivity index (χ0) is 38.8. The van der Waals surface area contributed by atoms with Crippen molar-refractivity contribution >= 4 is 28.9 Å². The standard InChI is InChI=1S/C52H44N4O/c1-6-34-16-20-38(21-17-34)50(57)46-31-30-45-49(37-22-24-39(25-23-37)51(3,4)5)44-29-28-43-48(36-18-14-33(2)15-19-36)42-27-26-41-47(35-11-8-7-9-12-35)40-13-10-32-53(40)52(54(41)42,55(43)44)56(45)46/h7-32,48H,6H2,1-5H3/q+2. The quantitative estimate of drug-likeness (QED) is 0.124. The number of rotatable bonds is 6. The molecule has 4 aromatic carbocycles. The van der Waals surface area contributed by atoms with E-state index in [0.29, 0.717) is 11.3 Å². The average Bonchev–Trinajstić information content (AvgIpc) is 4.06. The van der Waals surface area contributed by atoms with E-state index in [1.54, 1.807) is 0 Å². The van der Waals surface area contributed by atoms with Crippen molar-refractivity contribution in [2.45, 2.75) is 58.3 Å². The van der Waals surface area contributed by atoms with Crippen molar-refractivity contribution in [2.24, 2.45) is 0 Å². The number of benzene rings is 4. The van der Waals surface area contributed by atoms with Crippen LogP contribution in [0.2, 0.25) is 0 Å². The van der Waals surface area contributed by atoms with E-state index in [0.717, 1.165) is 45.9 Å². The minimum Gasteiger partial charge on any atom is -0.282 e. The molecule has 0 N–H and O–H groups in total. The molecule has 0 saturated carbocycles. The molecule has 2 aromatic heterocycles. The molecular formula is C52H44N4O+2. The third-order valence-corrected chi connectivity index (χ3v) is 12.7. The molecule has 0 fully saturated rings. The second kappa shape index (κ2) is 12.0. The second-order valence-corrected chi connectivity index (χ2v) is 16.9. The van der Waals surface area contributed by atoms with E-state index < -0.39 is 5.91 Å². The Morgan fingerprint density at radius 3 is 1.95 bits per heavy atom. The summed E-state index contributed by atoms with van der Waals surface area (Å²) in [6.07, 6.45) is 11.8. The molecule has 2 unspecified atom stereocenters. The van der Waals surface area contributed by atoms with Crippen LogP contribution in [0.15, 0.2) is 163 Å². The van der Waals surface area contributed by atoms with Gasteiger partial charge in [-0.3, -0.25) is 4.79 Å². The Kier molecular flexibility index (Phi) is 7.07. The number of carbonyl (C=O) groups is 1. The summed E-state index contributed by atoms with van der Waals surface area (Å²) in [5, 5.41) is 0. The lowest BCUT2D eigenvalue weighted by Gasteiger charge is -2.43. The number of allylic oxidation sites excluding steroid dienone is 4. The number of carbonyl (C=O) groups excluding carboxylic acids is 1. The molecule has 7 heterocycles. The van der Waals surface area contributed by atoms with Crippen LogP contribution in [-0.2, 0) is 17.7 Å². The molecule has 5 aliphatic rings. The van der Waals surface area contributed by atoms with Gasteiger partial charge in [0.05, 0.1) is 28.5 Å². The first-order valence-electron chi connectivity index (χ1n) is 20.2. The maximum absolute atomic E-state index is 15.2. The van der Waals surface area contributed by atoms with Gasteiger partial charge in [0.1, 0.15) is 0 Å². The van der Waals surface area contributed by atoms with Crippen molar-refractivity contribution in [2.75, 3.05) is 0 Å². The Morgan fingerprint density at radius 1 is 0.684 bits per heavy atom. The van der Waals surface area contributed by atoms with Gasteiger partial charge in [-0.25, -0.2) is 9.13 Å². The molecule has 5 nitrogen and oxygen atoms in total. The van der Waals surface area contributed by atoms with Crippen LogP contribution in [0.1, 0.15) is 100 Å². The lowest BCUT2D eigenvalue weighted by atomic mass is 9.85. The van der Waals surface area contributed by atoms with E-state index in [4.69, 9.17) is 0 Å². The van der Waals surface area contributed by atoms with Crippen LogP contribution in [0.3, 0.4) is 0 Å².